The van der Waals surface area contributed by atoms with Gasteiger partial charge in [0, 0.05) is 13.1 Å². The number of aromatic nitrogens is 1. The van der Waals surface area contributed by atoms with Crippen LogP contribution < -0.4 is 5.32 Å². The van der Waals surface area contributed by atoms with Gasteiger partial charge in [0.05, 0.1) is 13.3 Å². The molecule has 1 fully saturated rings. The van der Waals surface area contributed by atoms with E-state index in [0.717, 1.165) is 25.9 Å². The summed E-state index contributed by atoms with van der Waals surface area (Å²) in [4.78, 5) is 29.7. The molecule has 1 atom stereocenters. The van der Waals surface area contributed by atoms with Crippen molar-refractivity contribution < 1.29 is 14.3 Å². The average molecular weight is 283 g/mol. The molecule has 1 amide bonds. The largest absolute Gasteiger partial charge is 0.465 e. The topological polar surface area (TPSA) is 71.5 Å². The third kappa shape index (κ3) is 3.23. The summed E-state index contributed by atoms with van der Waals surface area (Å²) in [5.74, 6) is -0.337. The minimum absolute atomic E-state index is 0.0762. The second-order valence-electron chi connectivity index (χ2n) is 4.42. The lowest BCUT2D eigenvalue weighted by molar-refractivity contribution is -0.130. The number of amides is 1. The first kappa shape index (κ1) is 13.8. The smallest absolute Gasteiger partial charge is 0.349 e. The molecule has 0 aliphatic carbocycles. The lowest BCUT2D eigenvalue weighted by atomic mass is 10.3. The van der Waals surface area contributed by atoms with Crippen LogP contribution in [0.3, 0.4) is 0 Å². The van der Waals surface area contributed by atoms with Crippen LogP contribution in [-0.4, -0.2) is 48.0 Å². The van der Waals surface area contributed by atoms with Crippen LogP contribution in [0.15, 0.2) is 6.20 Å². The standard InChI is InChI=1S/C12H17N3O3S/c1-8(10(16)15-5-3-4-6-15)14-12-13-7-9(19-12)11(17)18-2/h7-8H,3-6H2,1-2H3,(H,13,14). The number of carbonyl (C=O) groups excluding carboxylic acids is 2. The molecule has 7 heteroatoms. The van der Waals surface area contributed by atoms with Crippen molar-refractivity contribution in [3.8, 4) is 0 Å². The molecule has 1 aliphatic heterocycles. The van der Waals surface area contributed by atoms with E-state index in [-0.39, 0.29) is 11.9 Å². The average Bonchev–Trinajstić information content (AvgIpc) is 3.07. The van der Waals surface area contributed by atoms with Crippen molar-refractivity contribution in [2.45, 2.75) is 25.8 Å². The highest BCUT2D eigenvalue weighted by molar-refractivity contribution is 7.17. The van der Waals surface area contributed by atoms with Crippen LogP contribution in [0.1, 0.15) is 29.4 Å². The molecule has 1 saturated heterocycles. The van der Waals surface area contributed by atoms with Crippen LogP contribution in [0.5, 0.6) is 0 Å². The Balaban J connectivity index is 1.94. The lowest BCUT2D eigenvalue weighted by Gasteiger charge is -2.20. The molecule has 1 N–H and O–H groups in total. The Bertz CT molecular complexity index is 469. The van der Waals surface area contributed by atoms with Crippen molar-refractivity contribution in [1.82, 2.24) is 9.88 Å². The van der Waals surface area contributed by atoms with Crippen LogP contribution in [0.4, 0.5) is 5.13 Å². The minimum atomic E-state index is -0.413. The summed E-state index contributed by atoms with van der Waals surface area (Å²) in [5.41, 5.74) is 0. The number of nitrogens with one attached hydrogen (secondary N) is 1. The van der Waals surface area contributed by atoms with Gasteiger partial charge in [-0.3, -0.25) is 4.79 Å². The third-order valence-corrected chi connectivity index (χ3v) is 3.93. The number of nitrogens with zero attached hydrogens (tertiary/aromatic N) is 2. The van der Waals surface area contributed by atoms with E-state index in [2.05, 4.69) is 15.0 Å². The minimum Gasteiger partial charge on any atom is -0.465 e. The highest BCUT2D eigenvalue weighted by atomic mass is 32.1. The molecular weight excluding hydrogens is 266 g/mol. The predicted molar refractivity (Wildman–Crippen MR) is 72.4 cm³/mol. The van der Waals surface area contributed by atoms with Crippen LogP contribution >= 0.6 is 11.3 Å². The molecule has 1 aliphatic rings. The molecule has 0 radical (unpaired) electrons. The highest BCUT2D eigenvalue weighted by Gasteiger charge is 2.24. The van der Waals surface area contributed by atoms with Gasteiger partial charge in [0.1, 0.15) is 10.9 Å². The summed E-state index contributed by atoms with van der Waals surface area (Å²) in [7, 11) is 1.33. The molecular formula is C12H17N3O3S. The number of anilines is 1. The van der Waals surface area contributed by atoms with E-state index in [0.29, 0.717) is 10.0 Å². The molecule has 0 saturated carbocycles. The van der Waals surface area contributed by atoms with E-state index in [1.54, 1.807) is 6.92 Å². The van der Waals surface area contributed by atoms with Gasteiger partial charge in [0.15, 0.2) is 5.13 Å². The van der Waals surface area contributed by atoms with Crippen LogP contribution in [-0.2, 0) is 9.53 Å². The quantitative estimate of drug-likeness (QED) is 0.845. The maximum Gasteiger partial charge on any atom is 0.349 e. The fraction of sp³-hybridized carbons (Fsp3) is 0.583. The number of thiazole rings is 1. The van der Waals surface area contributed by atoms with Crippen LogP contribution in [0, 0.1) is 0 Å². The molecule has 2 heterocycles. The SMILES string of the molecule is COC(=O)c1cnc(NC(C)C(=O)N2CCCC2)s1. The van der Waals surface area contributed by atoms with Gasteiger partial charge in [0.2, 0.25) is 5.91 Å². The number of hydrogen-bond acceptors (Lipinski definition) is 6. The Morgan fingerprint density at radius 3 is 2.79 bits per heavy atom. The Morgan fingerprint density at radius 2 is 2.16 bits per heavy atom. The summed E-state index contributed by atoms with van der Waals surface area (Å²) in [6, 6.07) is -0.338. The van der Waals surface area contributed by atoms with Crippen molar-refractivity contribution in [3.63, 3.8) is 0 Å². The predicted octanol–water partition coefficient (Wildman–Crippen LogP) is 1.35. The van der Waals surface area contributed by atoms with Crippen LogP contribution in [0.25, 0.3) is 0 Å². The zero-order chi connectivity index (χ0) is 13.8. The number of hydrogen-bond donors (Lipinski definition) is 1. The van der Waals surface area contributed by atoms with Gasteiger partial charge in [-0.2, -0.15) is 0 Å². The van der Waals surface area contributed by atoms with Gasteiger partial charge >= 0.3 is 5.97 Å². The number of rotatable bonds is 4. The van der Waals surface area contributed by atoms with E-state index in [1.165, 1.54) is 24.6 Å². The first-order valence-corrected chi connectivity index (χ1v) is 7.03. The van der Waals surface area contributed by atoms with Gasteiger partial charge in [0.25, 0.3) is 0 Å². The first-order chi connectivity index (χ1) is 9.11. The van der Waals surface area contributed by atoms with Gasteiger partial charge in [-0.05, 0) is 19.8 Å². The molecule has 1 aromatic heterocycles. The number of methoxy groups -OCH3 is 1. The second-order valence-corrected chi connectivity index (χ2v) is 5.45. The van der Waals surface area contributed by atoms with E-state index >= 15 is 0 Å². The van der Waals surface area contributed by atoms with Gasteiger partial charge in [-0.1, -0.05) is 11.3 Å². The zero-order valence-electron chi connectivity index (χ0n) is 11.0. The molecule has 0 aromatic carbocycles. The van der Waals surface area contributed by atoms with Gasteiger partial charge in [-0.25, -0.2) is 9.78 Å². The fourth-order valence-corrected chi connectivity index (χ4v) is 2.82. The summed E-state index contributed by atoms with van der Waals surface area (Å²) >= 11 is 1.19. The Labute approximate surface area is 115 Å². The molecule has 104 valence electrons. The van der Waals surface area contributed by atoms with Gasteiger partial charge < -0.3 is 15.0 Å². The molecule has 2 rings (SSSR count). The number of esters is 1. The third-order valence-electron chi connectivity index (χ3n) is 3.02. The fourth-order valence-electron chi connectivity index (χ4n) is 1.99. The molecule has 1 unspecified atom stereocenters. The van der Waals surface area contributed by atoms with Crippen LogP contribution in [0.2, 0.25) is 0 Å². The molecule has 0 bridgehead atoms. The monoisotopic (exact) mass is 283 g/mol. The molecule has 0 spiro atoms. The van der Waals surface area contributed by atoms with Crippen molar-refractivity contribution in [3.05, 3.63) is 11.1 Å². The summed E-state index contributed by atoms with van der Waals surface area (Å²) in [6.07, 6.45) is 3.59. The first-order valence-electron chi connectivity index (χ1n) is 6.21. The Kier molecular flexibility index (Phi) is 4.36. The van der Waals surface area contributed by atoms with E-state index in [4.69, 9.17) is 0 Å². The van der Waals surface area contributed by atoms with Crippen molar-refractivity contribution >= 4 is 28.3 Å². The summed E-state index contributed by atoms with van der Waals surface area (Å²) in [6.45, 7) is 3.46. The second kappa shape index (κ2) is 6.01. The number of carbonyl (C=O) groups is 2. The lowest BCUT2D eigenvalue weighted by Crippen LogP contribution is -2.39. The normalized spacial score (nSPS) is 16.2. The van der Waals surface area contributed by atoms with E-state index < -0.39 is 5.97 Å². The molecule has 6 nitrogen and oxygen atoms in total. The maximum atomic E-state index is 12.1. The Hall–Kier alpha value is -1.63. The zero-order valence-corrected chi connectivity index (χ0v) is 11.8. The maximum absolute atomic E-state index is 12.1. The number of likely N-dealkylation sites (tertiary alicyclic amines) is 1. The van der Waals surface area contributed by atoms with E-state index in [1.807, 2.05) is 4.90 Å². The molecule has 19 heavy (non-hydrogen) atoms. The summed E-state index contributed by atoms with van der Waals surface area (Å²) in [5, 5.41) is 3.58. The Morgan fingerprint density at radius 1 is 1.47 bits per heavy atom. The molecule has 1 aromatic rings. The van der Waals surface area contributed by atoms with Crippen molar-refractivity contribution in [2.75, 3.05) is 25.5 Å². The van der Waals surface area contributed by atoms with Crippen molar-refractivity contribution in [2.24, 2.45) is 0 Å². The van der Waals surface area contributed by atoms with Gasteiger partial charge in [-0.15, -0.1) is 0 Å². The van der Waals surface area contributed by atoms with E-state index in [9.17, 15) is 9.59 Å². The highest BCUT2D eigenvalue weighted by Crippen LogP contribution is 2.20. The summed E-state index contributed by atoms with van der Waals surface area (Å²) < 4.78 is 4.61. The number of ether oxygens (including phenoxy) is 1. The van der Waals surface area contributed by atoms with Crippen molar-refractivity contribution in [1.29, 1.82) is 0 Å².